The zero-order chi connectivity index (χ0) is 13.5. The van der Waals surface area contributed by atoms with Crippen molar-refractivity contribution < 1.29 is 9.32 Å². The Balaban J connectivity index is 2.65. The summed E-state index contributed by atoms with van der Waals surface area (Å²) in [7, 11) is -0.801. The fourth-order valence-corrected chi connectivity index (χ4v) is 2.34. The van der Waals surface area contributed by atoms with E-state index >= 15 is 0 Å². The lowest BCUT2D eigenvalue weighted by molar-refractivity contribution is 0.266. The molecule has 102 valence electrons. The number of aromatic nitrogens is 2. The van der Waals surface area contributed by atoms with Crippen LogP contribution < -0.4 is 10.9 Å². The summed E-state index contributed by atoms with van der Waals surface area (Å²) in [4.78, 5) is 11.8. The summed E-state index contributed by atoms with van der Waals surface area (Å²) < 4.78 is 12.5. The van der Waals surface area contributed by atoms with E-state index in [-0.39, 0.29) is 18.7 Å². The smallest absolute Gasteiger partial charge is 0.283 e. The Kier molecular flexibility index (Phi) is 6.51. The number of aliphatic hydroxyl groups excluding tert-OH is 1. The molecule has 0 fully saturated rings. The second-order valence-electron chi connectivity index (χ2n) is 3.68. The van der Waals surface area contributed by atoms with Gasteiger partial charge >= 0.3 is 0 Å². The minimum absolute atomic E-state index is 0.131. The van der Waals surface area contributed by atoms with Crippen LogP contribution in [-0.2, 0) is 17.3 Å². The predicted molar refractivity (Wildman–Crippen MR) is 75.3 cm³/mol. The monoisotopic (exact) mass is 337 g/mol. The van der Waals surface area contributed by atoms with Gasteiger partial charge < -0.3 is 10.4 Å². The molecule has 0 bridgehead atoms. The maximum atomic E-state index is 11.8. The van der Waals surface area contributed by atoms with Gasteiger partial charge in [0, 0.05) is 29.4 Å². The van der Waals surface area contributed by atoms with Crippen LogP contribution in [-0.4, -0.2) is 44.3 Å². The Morgan fingerprint density at radius 1 is 1.61 bits per heavy atom. The Labute approximate surface area is 116 Å². The zero-order valence-corrected chi connectivity index (χ0v) is 12.5. The minimum atomic E-state index is -0.801. The van der Waals surface area contributed by atoms with Crippen LogP contribution in [0.5, 0.6) is 0 Å². The molecule has 1 aromatic rings. The zero-order valence-electron chi connectivity index (χ0n) is 10.1. The first-order valence-corrected chi connectivity index (χ1v) is 7.98. The highest BCUT2D eigenvalue weighted by Crippen LogP contribution is 2.15. The number of halogens is 1. The average molecular weight is 338 g/mol. The molecule has 0 aliphatic carbocycles. The van der Waals surface area contributed by atoms with Crippen molar-refractivity contribution in [2.24, 2.45) is 0 Å². The van der Waals surface area contributed by atoms with Crippen molar-refractivity contribution in [3.05, 3.63) is 21.0 Å². The molecule has 1 atom stereocenters. The van der Waals surface area contributed by atoms with Gasteiger partial charge in [0.15, 0.2) is 0 Å². The molecule has 1 unspecified atom stereocenters. The van der Waals surface area contributed by atoms with Gasteiger partial charge in [-0.2, -0.15) is 5.10 Å². The molecule has 0 aliphatic rings. The topological polar surface area (TPSA) is 84.2 Å². The molecule has 18 heavy (non-hydrogen) atoms. The average Bonchev–Trinajstić information content (AvgIpc) is 2.33. The quantitative estimate of drug-likeness (QED) is 0.693. The maximum Gasteiger partial charge on any atom is 0.283 e. The van der Waals surface area contributed by atoms with Gasteiger partial charge in [0.05, 0.1) is 25.0 Å². The molecule has 0 spiro atoms. The SMILES string of the molecule is CS(=O)CCCNc1cnn(CCO)c(=O)c1Br. The summed E-state index contributed by atoms with van der Waals surface area (Å²) >= 11 is 3.20. The van der Waals surface area contributed by atoms with Crippen molar-refractivity contribution in [3.8, 4) is 0 Å². The molecular weight excluding hydrogens is 322 g/mol. The lowest BCUT2D eigenvalue weighted by Gasteiger charge is -2.09. The Hall–Kier alpha value is -0.730. The minimum Gasteiger partial charge on any atom is -0.394 e. The second kappa shape index (κ2) is 7.65. The van der Waals surface area contributed by atoms with Crippen LogP contribution >= 0.6 is 15.9 Å². The van der Waals surface area contributed by atoms with Crippen molar-refractivity contribution in [1.82, 2.24) is 9.78 Å². The predicted octanol–water partition coefficient (Wildman–Crippen LogP) is 0.179. The molecule has 0 amide bonds. The Morgan fingerprint density at radius 3 is 2.94 bits per heavy atom. The molecule has 6 nitrogen and oxygen atoms in total. The van der Waals surface area contributed by atoms with Gasteiger partial charge in [0.2, 0.25) is 0 Å². The van der Waals surface area contributed by atoms with E-state index in [1.54, 1.807) is 6.26 Å². The van der Waals surface area contributed by atoms with E-state index in [0.717, 1.165) is 6.42 Å². The molecule has 0 saturated carbocycles. The number of aliphatic hydroxyl groups is 1. The normalized spacial score (nSPS) is 12.4. The number of rotatable bonds is 7. The van der Waals surface area contributed by atoms with Gasteiger partial charge in [-0.25, -0.2) is 4.68 Å². The number of nitrogens with one attached hydrogen (secondary N) is 1. The molecule has 1 heterocycles. The van der Waals surface area contributed by atoms with Crippen LogP contribution in [0.3, 0.4) is 0 Å². The fraction of sp³-hybridized carbons (Fsp3) is 0.600. The molecule has 1 aromatic heterocycles. The van der Waals surface area contributed by atoms with Gasteiger partial charge in [0.25, 0.3) is 5.56 Å². The Morgan fingerprint density at radius 2 is 2.33 bits per heavy atom. The highest BCUT2D eigenvalue weighted by Gasteiger charge is 2.07. The van der Waals surface area contributed by atoms with E-state index in [4.69, 9.17) is 5.11 Å². The van der Waals surface area contributed by atoms with Gasteiger partial charge in [-0.15, -0.1) is 0 Å². The summed E-state index contributed by atoms with van der Waals surface area (Å²) in [6, 6.07) is 0. The van der Waals surface area contributed by atoms with E-state index in [2.05, 4.69) is 26.3 Å². The van der Waals surface area contributed by atoms with Crippen molar-refractivity contribution in [2.75, 3.05) is 30.5 Å². The lowest BCUT2D eigenvalue weighted by atomic mass is 10.4. The first-order valence-electron chi connectivity index (χ1n) is 5.46. The molecule has 0 radical (unpaired) electrons. The highest BCUT2D eigenvalue weighted by molar-refractivity contribution is 9.10. The van der Waals surface area contributed by atoms with Crippen LogP contribution in [0.25, 0.3) is 0 Å². The molecule has 0 aromatic carbocycles. The number of anilines is 1. The molecule has 0 aliphatic heterocycles. The molecule has 8 heteroatoms. The van der Waals surface area contributed by atoms with Crippen LogP contribution in [0.4, 0.5) is 5.69 Å². The van der Waals surface area contributed by atoms with Gasteiger partial charge in [-0.1, -0.05) is 0 Å². The maximum absolute atomic E-state index is 11.8. The van der Waals surface area contributed by atoms with E-state index < -0.39 is 10.8 Å². The highest BCUT2D eigenvalue weighted by atomic mass is 79.9. The fourth-order valence-electron chi connectivity index (χ4n) is 1.34. The second-order valence-corrected chi connectivity index (χ2v) is 6.03. The van der Waals surface area contributed by atoms with E-state index in [1.165, 1.54) is 10.9 Å². The van der Waals surface area contributed by atoms with Crippen molar-refractivity contribution >= 4 is 32.4 Å². The number of hydrogen-bond acceptors (Lipinski definition) is 5. The van der Waals surface area contributed by atoms with E-state index in [0.29, 0.717) is 22.5 Å². The summed E-state index contributed by atoms with van der Waals surface area (Å²) in [5.74, 6) is 0.625. The summed E-state index contributed by atoms with van der Waals surface area (Å²) in [5, 5.41) is 15.8. The van der Waals surface area contributed by atoms with Crippen molar-refractivity contribution in [1.29, 1.82) is 0 Å². The van der Waals surface area contributed by atoms with Crippen LogP contribution in [0.1, 0.15) is 6.42 Å². The molecular formula is C10H16BrN3O3S. The lowest BCUT2D eigenvalue weighted by Crippen LogP contribution is -2.26. The first-order chi connectivity index (χ1) is 8.56. The van der Waals surface area contributed by atoms with Gasteiger partial charge in [-0.05, 0) is 22.4 Å². The van der Waals surface area contributed by atoms with Crippen molar-refractivity contribution in [3.63, 3.8) is 0 Å². The largest absolute Gasteiger partial charge is 0.394 e. The number of hydrogen-bond donors (Lipinski definition) is 2. The summed E-state index contributed by atoms with van der Waals surface area (Å²) in [5.41, 5.74) is 0.323. The van der Waals surface area contributed by atoms with Crippen LogP contribution in [0.15, 0.2) is 15.5 Å². The first kappa shape index (κ1) is 15.3. The van der Waals surface area contributed by atoms with Crippen LogP contribution in [0, 0.1) is 0 Å². The van der Waals surface area contributed by atoms with E-state index in [9.17, 15) is 9.00 Å². The summed E-state index contributed by atoms with van der Waals surface area (Å²) in [6.45, 7) is 0.671. The third kappa shape index (κ3) is 4.51. The van der Waals surface area contributed by atoms with Gasteiger partial charge in [0.1, 0.15) is 4.47 Å². The third-order valence-electron chi connectivity index (χ3n) is 2.22. The van der Waals surface area contributed by atoms with Crippen LogP contribution in [0.2, 0.25) is 0 Å². The van der Waals surface area contributed by atoms with E-state index in [1.807, 2.05) is 0 Å². The van der Waals surface area contributed by atoms with Crippen molar-refractivity contribution in [2.45, 2.75) is 13.0 Å². The molecule has 0 saturated heterocycles. The third-order valence-corrected chi connectivity index (χ3v) is 3.85. The number of nitrogens with zero attached hydrogens (tertiary/aromatic N) is 2. The van der Waals surface area contributed by atoms with Gasteiger partial charge in [-0.3, -0.25) is 9.00 Å². The Bertz CT molecular complexity index is 478. The standard InChI is InChI=1S/C10H16BrN3O3S/c1-18(17)6-2-3-12-8-7-13-14(4-5-15)10(16)9(8)11/h7,12,15H,2-6H2,1H3. The molecule has 2 N–H and O–H groups in total. The summed E-state index contributed by atoms with van der Waals surface area (Å²) in [6.07, 6.45) is 3.95. The molecule has 1 rings (SSSR count).